The van der Waals surface area contributed by atoms with Crippen LogP contribution in [0.5, 0.6) is 0 Å². The van der Waals surface area contributed by atoms with Gasteiger partial charge in [-0.05, 0) is 18.1 Å². The van der Waals surface area contributed by atoms with Crippen LogP contribution in [0.1, 0.15) is 13.8 Å². The molecule has 0 aliphatic heterocycles. The van der Waals surface area contributed by atoms with Crippen molar-refractivity contribution in [3.8, 4) is 0 Å². The van der Waals surface area contributed by atoms with Crippen LogP contribution >= 0.6 is 0 Å². The van der Waals surface area contributed by atoms with Crippen LogP contribution in [0, 0.1) is 16.0 Å². The molecule has 1 aromatic carbocycles. The number of nitro groups is 1. The molecule has 0 radical (unpaired) electrons. The van der Waals surface area contributed by atoms with E-state index in [4.69, 9.17) is 5.73 Å². The number of sulfonamides is 1. The lowest BCUT2D eigenvalue weighted by molar-refractivity contribution is -0.384. The Morgan fingerprint density at radius 1 is 1.26 bits per heavy atom. The zero-order valence-corrected chi connectivity index (χ0v) is 13.7. The number of rotatable bonds is 8. The van der Waals surface area contributed by atoms with Gasteiger partial charge in [-0.25, -0.2) is 13.1 Å². The summed E-state index contributed by atoms with van der Waals surface area (Å²) in [5, 5.41) is 13.1. The Bertz CT molecular complexity index is 657. The number of hydrogen-bond donors (Lipinski definition) is 3. The number of nitrogens with two attached hydrogens (primary N) is 1. The molecule has 9 nitrogen and oxygen atoms in total. The average molecular weight is 344 g/mol. The van der Waals surface area contributed by atoms with Crippen molar-refractivity contribution in [2.45, 2.75) is 24.8 Å². The molecule has 1 aromatic rings. The molecular weight excluding hydrogens is 324 g/mol. The van der Waals surface area contributed by atoms with Crippen molar-refractivity contribution in [1.29, 1.82) is 0 Å². The summed E-state index contributed by atoms with van der Waals surface area (Å²) < 4.78 is 26.3. The van der Waals surface area contributed by atoms with Gasteiger partial charge >= 0.3 is 0 Å². The van der Waals surface area contributed by atoms with E-state index in [1.807, 2.05) is 13.8 Å². The molecule has 0 spiro atoms. The Kier molecular flexibility index (Phi) is 6.61. The van der Waals surface area contributed by atoms with Gasteiger partial charge in [0.25, 0.3) is 5.69 Å². The van der Waals surface area contributed by atoms with Gasteiger partial charge in [-0.3, -0.25) is 14.9 Å². The van der Waals surface area contributed by atoms with Gasteiger partial charge in [0.1, 0.15) is 0 Å². The number of benzene rings is 1. The fraction of sp³-hybridized carbons (Fsp3) is 0.462. The molecule has 4 N–H and O–H groups in total. The first-order chi connectivity index (χ1) is 10.6. The summed E-state index contributed by atoms with van der Waals surface area (Å²) in [6.07, 6.45) is 0. The molecule has 0 saturated heterocycles. The molecule has 0 aliphatic rings. The number of nitro benzene ring substituents is 1. The van der Waals surface area contributed by atoms with Crippen LogP contribution in [-0.2, 0) is 14.8 Å². The summed E-state index contributed by atoms with van der Waals surface area (Å²) in [5.74, 6) is -0.374. The van der Waals surface area contributed by atoms with Gasteiger partial charge in [0, 0.05) is 25.2 Å². The average Bonchev–Trinajstić information content (AvgIpc) is 2.50. The molecule has 0 saturated carbocycles. The predicted octanol–water partition coefficient (Wildman–Crippen LogP) is -0.0274. The minimum absolute atomic E-state index is 0.0180. The summed E-state index contributed by atoms with van der Waals surface area (Å²) in [4.78, 5) is 21.4. The van der Waals surface area contributed by atoms with Gasteiger partial charge < -0.3 is 11.1 Å². The van der Waals surface area contributed by atoms with Crippen molar-refractivity contribution < 1.29 is 18.1 Å². The number of carbonyl (C=O) groups excluding carboxylic acids is 1. The standard InChI is InChI=1S/C13H20N4O5S/c1-9(2)12(14)13(18)15-7-8-16-23(21,22)11-5-3-10(4-6-11)17(19)20/h3-6,9,12,16H,7-8,14H2,1-2H3,(H,15,18)/t12-/m0/s1. The van der Waals surface area contributed by atoms with E-state index in [2.05, 4.69) is 10.0 Å². The molecule has 10 heteroatoms. The predicted molar refractivity (Wildman–Crippen MR) is 84.1 cm³/mol. The van der Waals surface area contributed by atoms with Crippen molar-refractivity contribution in [3.05, 3.63) is 34.4 Å². The molecule has 0 aromatic heterocycles. The topological polar surface area (TPSA) is 144 Å². The Labute approximate surface area is 134 Å². The summed E-state index contributed by atoms with van der Waals surface area (Å²) >= 11 is 0. The highest BCUT2D eigenvalue weighted by molar-refractivity contribution is 7.89. The lowest BCUT2D eigenvalue weighted by Crippen LogP contribution is -2.46. The third-order valence-corrected chi connectivity index (χ3v) is 4.57. The minimum atomic E-state index is -3.79. The number of hydrogen-bond acceptors (Lipinski definition) is 6. The Hall–Kier alpha value is -2.04. The summed E-state index contributed by atoms with van der Waals surface area (Å²) in [6, 6.07) is 3.86. The van der Waals surface area contributed by atoms with Gasteiger partial charge in [-0.2, -0.15) is 0 Å². The number of amides is 1. The Morgan fingerprint density at radius 3 is 2.30 bits per heavy atom. The maximum Gasteiger partial charge on any atom is 0.269 e. The summed E-state index contributed by atoms with van der Waals surface area (Å²) in [6.45, 7) is 3.68. The summed E-state index contributed by atoms with van der Waals surface area (Å²) in [5.41, 5.74) is 5.46. The second-order valence-electron chi connectivity index (χ2n) is 5.21. The zero-order valence-electron chi connectivity index (χ0n) is 12.9. The van der Waals surface area contributed by atoms with Crippen LogP contribution in [0.2, 0.25) is 0 Å². The monoisotopic (exact) mass is 344 g/mol. The van der Waals surface area contributed by atoms with Crippen molar-refractivity contribution in [1.82, 2.24) is 10.0 Å². The highest BCUT2D eigenvalue weighted by Crippen LogP contribution is 2.15. The van der Waals surface area contributed by atoms with Crippen LogP contribution in [0.25, 0.3) is 0 Å². The second-order valence-corrected chi connectivity index (χ2v) is 6.98. The van der Waals surface area contributed by atoms with E-state index in [1.165, 1.54) is 0 Å². The van der Waals surface area contributed by atoms with Crippen molar-refractivity contribution in [2.75, 3.05) is 13.1 Å². The SMILES string of the molecule is CC(C)[C@H](N)C(=O)NCCNS(=O)(=O)c1ccc([N+](=O)[O-])cc1. The van der Waals surface area contributed by atoms with E-state index in [9.17, 15) is 23.3 Å². The van der Waals surface area contributed by atoms with Crippen LogP contribution in [-0.4, -0.2) is 38.4 Å². The molecule has 128 valence electrons. The molecule has 0 aliphatic carbocycles. The van der Waals surface area contributed by atoms with Crippen LogP contribution < -0.4 is 15.8 Å². The number of nitrogens with zero attached hydrogens (tertiary/aromatic N) is 1. The first kappa shape index (κ1) is 19.0. The lowest BCUT2D eigenvalue weighted by atomic mass is 10.1. The first-order valence-electron chi connectivity index (χ1n) is 6.92. The molecule has 1 atom stereocenters. The number of carbonyl (C=O) groups is 1. The van der Waals surface area contributed by atoms with Gasteiger partial charge in [0.05, 0.1) is 15.9 Å². The third-order valence-electron chi connectivity index (χ3n) is 3.10. The molecule has 23 heavy (non-hydrogen) atoms. The number of nitrogens with one attached hydrogen (secondary N) is 2. The van der Waals surface area contributed by atoms with Crippen molar-refractivity contribution in [2.24, 2.45) is 11.7 Å². The Balaban J connectivity index is 2.53. The molecule has 0 heterocycles. The van der Waals surface area contributed by atoms with Gasteiger partial charge in [0.2, 0.25) is 15.9 Å². The number of non-ortho nitro benzene ring substituents is 1. The third kappa shape index (κ3) is 5.58. The van der Waals surface area contributed by atoms with E-state index in [0.717, 1.165) is 24.3 Å². The zero-order chi connectivity index (χ0) is 17.6. The minimum Gasteiger partial charge on any atom is -0.353 e. The quantitative estimate of drug-likeness (QED) is 0.343. The molecular formula is C13H20N4O5S. The van der Waals surface area contributed by atoms with Crippen LogP contribution in [0.3, 0.4) is 0 Å². The van der Waals surface area contributed by atoms with Crippen LogP contribution in [0.15, 0.2) is 29.2 Å². The summed E-state index contributed by atoms with van der Waals surface area (Å²) in [7, 11) is -3.79. The van der Waals surface area contributed by atoms with Gasteiger partial charge in [-0.1, -0.05) is 13.8 Å². The molecule has 1 amide bonds. The van der Waals surface area contributed by atoms with Gasteiger partial charge in [-0.15, -0.1) is 0 Å². The highest BCUT2D eigenvalue weighted by atomic mass is 32.2. The van der Waals surface area contributed by atoms with E-state index < -0.39 is 21.0 Å². The van der Waals surface area contributed by atoms with E-state index in [0.29, 0.717) is 0 Å². The smallest absolute Gasteiger partial charge is 0.269 e. The first-order valence-corrected chi connectivity index (χ1v) is 8.41. The molecule has 0 unspecified atom stereocenters. The lowest BCUT2D eigenvalue weighted by Gasteiger charge is -2.15. The van der Waals surface area contributed by atoms with Crippen molar-refractivity contribution in [3.63, 3.8) is 0 Å². The van der Waals surface area contributed by atoms with Gasteiger partial charge in [0.15, 0.2) is 0 Å². The van der Waals surface area contributed by atoms with Crippen molar-refractivity contribution >= 4 is 21.6 Å². The van der Waals surface area contributed by atoms with E-state index >= 15 is 0 Å². The maximum atomic E-state index is 12.0. The normalized spacial score (nSPS) is 12.9. The molecule has 1 rings (SSSR count). The Morgan fingerprint density at radius 2 is 1.83 bits per heavy atom. The van der Waals surface area contributed by atoms with Crippen LogP contribution in [0.4, 0.5) is 5.69 Å². The second kappa shape index (κ2) is 7.99. The van der Waals surface area contributed by atoms with E-state index in [-0.39, 0.29) is 35.5 Å². The highest BCUT2D eigenvalue weighted by Gasteiger charge is 2.18. The fourth-order valence-electron chi connectivity index (χ4n) is 1.62. The maximum absolute atomic E-state index is 12.0. The fourth-order valence-corrected chi connectivity index (χ4v) is 2.65. The largest absolute Gasteiger partial charge is 0.353 e. The molecule has 0 fully saturated rings. The van der Waals surface area contributed by atoms with E-state index in [1.54, 1.807) is 0 Å². The molecule has 0 bridgehead atoms.